The average Bonchev–Trinajstić information content (AvgIpc) is 2.30. The van der Waals surface area contributed by atoms with Crippen LogP contribution in [-0.2, 0) is 0 Å². The van der Waals surface area contributed by atoms with Crippen molar-refractivity contribution in [1.82, 2.24) is 10.3 Å². The summed E-state index contributed by atoms with van der Waals surface area (Å²) >= 11 is 5.15. The number of aliphatic hydroxyl groups is 1. The van der Waals surface area contributed by atoms with Gasteiger partial charge in [0.25, 0.3) is 0 Å². The van der Waals surface area contributed by atoms with Gasteiger partial charge in [-0.25, -0.2) is 0 Å². The van der Waals surface area contributed by atoms with Gasteiger partial charge in [0.2, 0.25) is 0 Å². The SMILES string of the molecule is CCCC(CCC)NC(O)c1ccc[nH]c1=S. The van der Waals surface area contributed by atoms with Crippen LogP contribution in [0.5, 0.6) is 0 Å². The van der Waals surface area contributed by atoms with Crippen LogP contribution in [-0.4, -0.2) is 16.1 Å². The van der Waals surface area contributed by atoms with Gasteiger partial charge < -0.3 is 10.1 Å². The van der Waals surface area contributed by atoms with Crippen LogP contribution in [0.3, 0.4) is 0 Å². The van der Waals surface area contributed by atoms with Gasteiger partial charge in [-0.05, 0) is 18.9 Å². The summed E-state index contributed by atoms with van der Waals surface area (Å²) in [7, 11) is 0. The summed E-state index contributed by atoms with van der Waals surface area (Å²) in [4.78, 5) is 2.93. The third-order valence-corrected chi connectivity index (χ3v) is 3.16. The molecule has 1 heterocycles. The fraction of sp³-hybridized carbons (Fsp3) is 0.615. The van der Waals surface area contributed by atoms with Crippen LogP contribution < -0.4 is 5.32 Å². The minimum absolute atomic E-state index is 0.356. The fourth-order valence-electron chi connectivity index (χ4n) is 1.97. The summed E-state index contributed by atoms with van der Waals surface area (Å²) in [5.41, 5.74) is 0.750. The Bertz CT molecular complexity index is 372. The highest BCUT2D eigenvalue weighted by atomic mass is 32.1. The molecule has 3 N–H and O–H groups in total. The second kappa shape index (κ2) is 7.58. The van der Waals surface area contributed by atoms with Crippen LogP contribution in [0.4, 0.5) is 0 Å². The van der Waals surface area contributed by atoms with Crippen LogP contribution in [0, 0.1) is 4.64 Å². The molecule has 0 saturated heterocycles. The quantitative estimate of drug-likeness (QED) is 0.517. The molecule has 1 rings (SSSR count). The van der Waals surface area contributed by atoms with E-state index in [9.17, 15) is 5.11 Å². The zero-order chi connectivity index (χ0) is 12.7. The van der Waals surface area contributed by atoms with Gasteiger partial charge in [-0.1, -0.05) is 45.0 Å². The first-order valence-corrected chi connectivity index (χ1v) is 6.71. The van der Waals surface area contributed by atoms with Crippen LogP contribution >= 0.6 is 12.2 Å². The molecule has 0 radical (unpaired) electrons. The first kappa shape index (κ1) is 14.4. The van der Waals surface area contributed by atoms with Gasteiger partial charge in [0, 0.05) is 17.8 Å². The zero-order valence-corrected chi connectivity index (χ0v) is 11.4. The lowest BCUT2D eigenvalue weighted by Gasteiger charge is -2.22. The van der Waals surface area contributed by atoms with Gasteiger partial charge in [-0.3, -0.25) is 5.32 Å². The lowest BCUT2D eigenvalue weighted by molar-refractivity contribution is 0.118. The summed E-state index contributed by atoms with van der Waals surface area (Å²) in [6.45, 7) is 4.32. The number of aromatic nitrogens is 1. The lowest BCUT2D eigenvalue weighted by Crippen LogP contribution is -2.32. The molecule has 0 spiro atoms. The van der Waals surface area contributed by atoms with E-state index in [2.05, 4.69) is 24.1 Å². The van der Waals surface area contributed by atoms with Crippen molar-refractivity contribution in [2.24, 2.45) is 0 Å². The number of hydrogen-bond donors (Lipinski definition) is 3. The number of H-pyrrole nitrogens is 1. The van der Waals surface area contributed by atoms with E-state index in [0.29, 0.717) is 10.7 Å². The number of aromatic amines is 1. The number of aliphatic hydroxyl groups excluding tert-OH is 1. The van der Waals surface area contributed by atoms with Crippen LogP contribution in [0.2, 0.25) is 0 Å². The molecule has 0 aromatic carbocycles. The van der Waals surface area contributed by atoms with E-state index in [4.69, 9.17) is 12.2 Å². The van der Waals surface area contributed by atoms with E-state index in [-0.39, 0.29) is 0 Å². The largest absolute Gasteiger partial charge is 0.374 e. The topological polar surface area (TPSA) is 48.0 Å². The lowest BCUT2D eigenvalue weighted by atomic mass is 10.1. The first-order valence-electron chi connectivity index (χ1n) is 6.30. The van der Waals surface area contributed by atoms with Crippen molar-refractivity contribution >= 4 is 12.2 Å². The normalized spacial score (nSPS) is 12.9. The first-order chi connectivity index (χ1) is 8.19. The molecule has 1 atom stereocenters. The van der Waals surface area contributed by atoms with Gasteiger partial charge in [-0.2, -0.15) is 0 Å². The maximum atomic E-state index is 10.1. The summed E-state index contributed by atoms with van der Waals surface area (Å²) in [6.07, 6.45) is 5.48. The fourth-order valence-corrected chi connectivity index (χ4v) is 2.22. The zero-order valence-electron chi connectivity index (χ0n) is 10.6. The van der Waals surface area contributed by atoms with Crippen molar-refractivity contribution in [3.8, 4) is 0 Å². The molecule has 3 nitrogen and oxygen atoms in total. The second-order valence-corrected chi connectivity index (χ2v) is 4.71. The maximum Gasteiger partial charge on any atom is 0.134 e. The van der Waals surface area contributed by atoms with Gasteiger partial charge >= 0.3 is 0 Å². The van der Waals surface area contributed by atoms with E-state index in [0.717, 1.165) is 31.2 Å². The molecule has 1 aromatic heterocycles. The Hall–Kier alpha value is -0.710. The molecule has 0 aliphatic carbocycles. The molecule has 0 bridgehead atoms. The smallest absolute Gasteiger partial charge is 0.134 e. The van der Waals surface area contributed by atoms with Gasteiger partial charge in [-0.15, -0.1) is 0 Å². The van der Waals surface area contributed by atoms with E-state index in [1.165, 1.54) is 0 Å². The molecule has 1 unspecified atom stereocenters. The summed E-state index contributed by atoms with van der Waals surface area (Å²) in [6, 6.07) is 4.06. The predicted octanol–water partition coefficient (Wildman–Crippen LogP) is 3.29. The standard InChI is InChI=1S/C13H22N2OS/c1-3-6-10(7-4-2)15-12(16)11-8-5-9-14-13(11)17/h5,8-10,12,15-16H,3-4,6-7H2,1-2H3,(H,14,17). The van der Waals surface area contributed by atoms with Gasteiger partial charge in [0.15, 0.2) is 0 Å². The maximum absolute atomic E-state index is 10.1. The number of rotatable bonds is 7. The molecule has 0 fully saturated rings. The minimum atomic E-state index is -0.678. The molecule has 17 heavy (non-hydrogen) atoms. The van der Waals surface area contributed by atoms with Crippen molar-refractivity contribution in [1.29, 1.82) is 0 Å². The Kier molecular flexibility index (Phi) is 6.40. The molecular weight excluding hydrogens is 232 g/mol. The molecule has 96 valence electrons. The molecular formula is C13H22N2OS. The second-order valence-electron chi connectivity index (χ2n) is 4.30. The minimum Gasteiger partial charge on any atom is -0.374 e. The molecule has 4 heteroatoms. The molecule has 0 amide bonds. The summed E-state index contributed by atoms with van der Waals surface area (Å²) in [5, 5.41) is 13.4. The number of nitrogens with one attached hydrogen (secondary N) is 2. The van der Waals surface area contributed by atoms with Gasteiger partial charge in [0.05, 0.1) is 0 Å². The molecule has 1 aromatic rings. The highest BCUT2D eigenvalue weighted by molar-refractivity contribution is 7.71. The third kappa shape index (κ3) is 4.58. The highest BCUT2D eigenvalue weighted by Crippen LogP contribution is 2.14. The molecule has 0 aliphatic rings. The molecule has 0 saturated carbocycles. The van der Waals surface area contributed by atoms with E-state index < -0.39 is 6.23 Å². The Morgan fingerprint density at radius 3 is 2.53 bits per heavy atom. The van der Waals surface area contributed by atoms with Crippen molar-refractivity contribution in [3.63, 3.8) is 0 Å². The summed E-state index contributed by atoms with van der Waals surface area (Å²) in [5.74, 6) is 0. The summed E-state index contributed by atoms with van der Waals surface area (Å²) < 4.78 is 0.597. The van der Waals surface area contributed by atoms with Crippen molar-refractivity contribution < 1.29 is 5.11 Å². The van der Waals surface area contributed by atoms with Crippen molar-refractivity contribution in [2.75, 3.05) is 0 Å². The van der Waals surface area contributed by atoms with Crippen LogP contribution in [0.15, 0.2) is 18.3 Å². The van der Waals surface area contributed by atoms with E-state index in [1.807, 2.05) is 12.1 Å². The molecule has 0 aliphatic heterocycles. The number of hydrogen-bond acceptors (Lipinski definition) is 3. The monoisotopic (exact) mass is 254 g/mol. The Balaban J connectivity index is 2.66. The van der Waals surface area contributed by atoms with Crippen LogP contribution in [0.25, 0.3) is 0 Å². The Morgan fingerprint density at radius 2 is 2.00 bits per heavy atom. The Morgan fingerprint density at radius 1 is 1.35 bits per heavy atom. The van der Waals surface area contributed by atoms with Crippen molar-refractivity contribution in [3.05, 3.63) is 28.5 Å². The predicted molar refractivity (Wildman–Crippen MR) is 73.3 cm³/mol. The van der Waals surface area contributed by atoms with Gasteiger partial charge in [0.1, 0.15) is 10.9 Å². The van der Waals surface area contributed by atoms with Crippen molar-refractivity contribution in [2.45, 2.75) is 51.8 Å². The highest BCUT2D eigenvalue weighted by Gasteiger charge is 2.14. The average molecular weight is 254 g/mol. The Labute approximate surface area is 108 Å². The van der Waals surface area contributed by atoms with Crippen LogP contribution in [0.1, 0.15) is 51.3 Å². The van der Waals surface area contributed by atoms with E-state index in [1.54, 1.807) is 6.20 Å². The number of pyridine rings is 1. The van der Waals surface area contributed by atoms with E-state index >= 15 is 0 Å². The third-order valence-electron chi connectivity index (χ3n) is 2.81.